The van der Waals surface area contributed by atoms with Gasteiger partial charge >= 0.3 is 5.82 Å². The van der Waals surface area contributed by atoms with Crippen molar-refractivity contribution >= 4 is 30.0 Å². The number of carbonyl (C=O) groups excluding carboxylic acids is 2. The molecule has 2 rings (SSSR count). The molecule has 1 aromatic rings. The van der Waals surface area contributed by atoms with Crippen LogP contribution in [0.3, 0.4) is 0 Å². The van der Waals surface area contributed by atoms with Gasteiger partial charge < -0.3 is 26.1 Å². The van der Waals surface area contributed by atoms with E-state index in [0.29, 0.717) is 18.9 Å². The molecular weight excluding hydrogens is 364 g/mol. The van der Waals surface area contributed by atoms with E-state index in [2.05, 4.69) is 10.3 Å². The summed E-state index contributed by atoms with van der Waals surface area (Å²) in [6, 6.07) is -0.0678. The minimum Gasteiger partial charge on any atom is -0.358 e. The first-order valence-corrected chi connectivity index (χ1v) is 8.36. The Hall–Kier alpha value is -2.20. The molecule has 0 aliphatic carbocycles. The lowest BCUT2D eigenvalue weighted by Crippen LogP contribution is -2.50. The maximum atomic E-state index is 12.7. The van der Waals surface area contributed by atoms with E-state index in [9.17, 15) is 19.7 Å². The zero-order chi connectivity index (χ0) is 18.4. The number of piperidine rings is 1. The fraction of sp³-hybridized carbons (Fsp3) is 0.667. The third-order valence-electron chi connectivity index (χ3n) is 4.31. The van der Waals surface area contributed by atoms with Gasteiger partial charge in [0.05, 0.1) is 0 Å². The predicted molar refractivity (Wildman–Crippen MR) is 96.9 cm³/mol. The Bertz CT molecular complexity index is 650. The van der Waals surface area contributed by atoms with Crippen molar-refractivity contribution in [3.8, 4) is 0 Å². The lowest BCUT2D eigenvalue weighted by molar-refractivity contribution is -0.389. The van der Waals surface area contributed by atoms with Crippen LogP contribution in [0.5, 0.6) is 0 Å². The molecule has 0 spiro atoms. The SMILES string of the molecule is Cc1nc([N+](=O)[O-])cn1CC(=O)N1CCCCC1CNC(=O)CCN.Cl. The number of hydrogen-bond donors (Lipinski definition) is 2. The predicted octanol–water partition coefficient (Wildman–Crippen LogP) is 0.368. The Kier molecular flexibility index (Phi) is 8.46. The minimum atomic E-state index is -0.579. The van der Waals surface area contributed by atoms with Crippen molar-refractivity contribution < 1.29 is 14.5 Å². The first-order chi connectivity index (χ1) is 11.9. The number of nitrogens with one attached hydrogen (secondary N) is 1. The molecule has 146 valence electrons. The average Bonchev–Trinajstić information content (AvgIpc) is 2.94. The van der Waals surface area contributed by atoms with Crippen LogP contribution in [0.4, 0.5) is 5.82 Å². The molecule has 1 aliphatic heterocycles. The van der Waals surface area contributed by atoms with Gasteiger partial charge in [-0.05, 0) is 29.2 Å². The number of nitro groups is 1. The van der Waals surface area contributed by atoms with Gasteiger partial charge in [0.25, 0.3) is 0 Å². The van der Waals surface area contributed by atoms with E-state index >= 15 is 0 Å². The molecule has 1 unspecified atom stereocenters. The number of rotatable bonds is 7. The summed E-state index contributed by atoms with van der Waals surface area (Å²) in [5.41, 5.74) is 5.36. The van der Waals surface area contributed by atoms with Gasteiger partial charge in [-0.1, -0.05) is 0 Å². The number of imidazole rings is 1. The van der Waals surface area contributed by atoms with E-state index in [-0.39, 0.29) is 55.6 Å². The standard InChI is InChI=1S/C15H24N6O4.ClH/c1-11-18-13(21(24)25)9-19(11)10-15(23)20-7-3-2-4-12(20)8-17-14(22)5-6-16;/h9,12H,2-8,10,16H2,1H3,(H,17,22);1H. The summed E-state index contributed by atoms with van der Waals surface area (Å²) in [4.78, 5) is 40.0. The minimum absolute atomic E-state index is 0. The molecule has 1 atom stereocenters. The molecule has 11 heteroatoms. The molecular formula is C15H25ClN6O4. The average molecular weight is 389 g/mol. The highest BCUT2D eigenvalue weighted by atomic mass is 35.5. The lowest BCUT2D eigenvalue weighted by atomic mass is 10.0. The van der Waals surface area contributed by atoms with Crippen LogP contribution < -0.4 is 11.1 Å². The number of nitrogens with two attached hydrogens (primary N) is 1. The van der Waals surface area contributed by atoms with Crippen LogP contribution in [-0.4, -0.2) is 56.9 Å². The fourth-order valence-electron chi connectivity index (χ4n) is 2.97. The Morgan fingerprint density at radius 2 is 2.19 bits per heavy atom. The number of halogens is 1. The molecule has 2 heterocycles. The van der Waals surface area contributed by atoms with Crippen molar-refractivity contribution in [3.05, 3.63) is 22.1 Å². The molecule has 1 aromatic heterocycles. The van der Waals surface area contributed by atoms with Crippen LogP contribution in [0.25, 0.3) is 0 Å². The summed E-state index contributed by atoms with van der Waals surface area (Å²) in [7, 11) is 0. The summed E-state index contributed by atoms with van der Waals surface area (Å²) in [6.45, 7) is 2.93. The number of hydrogen-bond acceptors (Lipinski definition) is 6. The van der Waals surface area contributed by atoms with Crippen molar-refractivity contribution in [1.82, 2.24) is 19.8 Å². The Morgan fingerprint density at radius 1 is 1.46 bits per heavy atom. The van der Waals surface area contributed by atoms with E-state index in [4.69, 9.17) is 5.73 Å². The van der Waals surface area contributed by atoms with E-state index in [1.54, 1.807) is 11.8 Å². The number of nitrogens with zero attached hydrogens (tertiary/aromatic N) is 4. The number of carbonyl (C=O) groups is 2. The Morgan fingerprint density at radius 3 is 2.81 bits per heavy atom. The Labute approximate surface area is 157 Å². The molecule has 0 radical (unpaired) electrons. The molecule has 1 fully saturated rings. The molecule has 0 aromatic carbocycles. The van der Waals surface area contributed by atoms with Crippen molar-refractivity contribution in [2.24, 2.45) is 5.73 Å². The van der Waals surface area contributed by atoms with Crippen LogP contribution >= 0.6 is 12.4 Å². The third kappa shape index (κ3) is 5.67. The van der Waals surface area contributed by atoms with Gasteiger partial charge in [0.2, 0.25) is 17.6 Å². The first kappa shape index (κ1) is 21.8. The summed E-state index contributed by atoms with van der Waals surface area (Å²) in [6.07, 6.45) is 4.25. The smallest absolute Gasteiger partial charge is 0.358 e. The molecule has 26 heavy (non-hydrogen) atoms. The fourth-order valence-corrected chi connectivity index (χ4v) is 2.97. The molecule has 0 bridgehead atoms. The highest BCUT2D eigenvalue weighted by Crippen LogP contribution is 2.18. The van der Waals surface area contributed by atoms with Crippen molar-refractivity contribution in [2.45, 2.75) is 45.2 Å². The summed E-state index contributed by atoms with van der Waals surface area (Å²) < 4.78 is 1.49. The van der Waals surface area contributed by atoms with Crippen LogP contribution in [0, 0.1) is 17.0 Å². The Balaban J connectivity index is 0.00000338. The zero-order valence-electron chi connectivity index (χ0n) is 14.7. The van der Waals surface area contributed by atoms with Gasteiger partial charge in [-0.2, -0.15) is 0 Å². The van der Waals surface area contributed by atoms with Gasteiger partial charge in [0, 0.05) is 39.0 Å². The molecule has 0 saturated carbocycles. The largest absolute Gasteiger partial charge is 0.381 e. The lowest BCUT2D eigenvalue weighted by Gasteiger charge is -2.36. The number of aryl methyl sites for hydroxylation is 1. The van der Waals surface area contributed by atoms with E-state index in [1.807, 2.05) is 0 Å². The quantitative estimate of drug-likeness (QED) is 0.511. The van der Waals surface area contributed by atoms with Crippen molar-refractivity contribution in [1.29, 1.82) is 0 Å². The second-order valence-electron chi connectivity index (χ2n) is 6.11. The molecule has 1 saturated heterocycles. The highest BCUT2D eigenvalue weighted by Gasteiger charge is 2.28. The number of likely N-dealkylation sites (tertiary alicyclic amines) is 1. The van der Waals surface area contributed by atoms with Gasteiger partial charge in [0.1, 0.15) is 12.7 Å². The maximum absolute atomic E-state index is 12.7. The highest BCUT2D eigenvalue weighted by molar-refractivity contribution is 5.85. The topological polar surface area (TPSA) is 136 Å². The third-order valence-corrected chi connectivity index (χ3v) is 4.31. The summed E-state index contributed by atoms with van der Waals surface area (Å²) in [5.74, 6) is -0.103. The second-order valence-corrected chi connectivity index (χ2v) is 6.11. The molecule has 10 nitrogen and oxygen atoms in total. The molecule has 1 aliphatic rings. The van der Waals surface area contributed by atoms with Crippen molar-refractivity contribution in [3.63, 3.8) is 0 Å². The number of amides is 2. The molecule has 2 amide bonds. The second kappa shape index (κ2) is 10.1. The van der Waals surface area contributed by atoms with Gasteiger partial charge in [-0.25, -0.2) is 0 Å². The van der Waals surface area contributed by atoms with Gasteiger partial charge in [-0.3, -0.25) is 14.2 Å². The van der Waals surface area contributed by atoms with Crippen LogP contribution in [-0.2, 0) is 16.1 Å². The zero-order valence-corrected chi connectivity index (χ0v) is 15.5. The van der Waals surface area contributed by atoms with Crippen molar-refractivity contribution in [2.75, 3.05) is 19.6 Å². The summed E-state index contributed by atoms with van der Waals surface area (Å²) in [5, 5.41) is 13.6. The van der Waals surface area contributed by atoms with E-state index < -0.39 is 4.92 Å². The summed E-state index contributed by atoms with van der Waals surface area (Å²) >= 11 is 0. The van der Waals surface area contributed by atoms with E-state index in [0.717, 1.165) is 19.3 Å². The maximum Gasteiger partial charge on any atom is 0.381 e. The molecule has 3 N–H and O–H groups in total. The van der Waals surface area contributed by atoms with Gasteiger partial charge in [0.15, 0.2) is 0 Å². The number of aromatic nitrogens is 2. The van der Waals surface area contributed by atoms with Crippen LogP contribution in [0.2, 0.25) is 0 Å². The monoisotopic (exact) mass is 388 g/mol. The van der Waals surface area contributed by atoms with Crippen LogP contribution in [0.15, 0.2) is 6.20 Å². The normalized spacial score (nSPS) is 16.7. The van der Waals surface area contributed by atoms with Crippen LogP contribution in [0.1, 0.15) is 31.5 Å². The van der Waals surface area contributed by atoms with Gasteiger partial charge in [-0.15, -0.1) is 12.4 Å². The first-order valence-electron chi connectivity index (χ1n) is 8.36. The van der Waals surface area contributed by atoms with E-state index in [1.165, 1.54) is 10.8 Å².